The van der Waals surface area contributed by atoms with Gasteiger partial charge in [0, 0.05) is 6.42 Å². The highest BCUT2D eigenvalue weighted by atomic mass is 19.1. The predicted octanol–water partition coefficient (Wildman–Crippen LogP) is 3.72. The lowest BCUT2D eigenvalue weighted by molar-refractivity contribution is 0.488. The van der Waals surface area contributed by atoms with Gasteiger partial charge in [-0.1, -0.05) is 19.1 Å². The van der Waals surface area contributed by atoms with Crippen LogP contribution in [0.5, 0.6) is 0 Å². The van der Waals surface area contributed by atoms with Crippen molar-refractivity contribution in [1.82, 2.24) is 10.3 Å². The van der Waals surface area contributed by atoms with Crippen molar-refractivity contribution in [2.45, 2.75) is 33.1 Å². The van der Waals surface area contributed by atoms with Crippen LogP contribution in [0, 0.1) is 12.7 Å². The lowest BCUT2D eigenvalue weighted by Crippen LogP contribution is -2.16. The van der Waals surface area contributed by atoms with E-state index in [1.807, 2.05) is 6.07 Å². The average Bonchev–Trinajstić information content (AvgIpc) is 2.90. The molecule has 0 aliphatic carbocycles. The van der Waals surface area contributed by atoms with Gasteiger partial charge in [-0.15, -0.1) is 0 Å². The third-order valence-electron chi connectivity index (χ3n) is 3.18. The number of rotatable bonds is 7. The molecule has 0 saturated carbocycles. The molecule has 3 nitrogen and oxygen atoms in total. The quantitative estimate of drug-likeness (QED) is 0.783. The first-order chi connectivity index (χ1) is 9.72. The largest absolute Gasteiger partial charge is 0.441 e. The number of hydrogen-bond donors (Lipinski definition) is 1. The molecule has 1 heterocycles. The molecule has 1 aromatic heterocycles. The van der Waals surface area contributed by atoms with Gasteiger partial charge < -0.3 is 9.73 Å². The van der Waals surface area contributed by atoms with E-state index in [9.17, 15) is 4.39 Å². The summed E-state index contributed by atoms with van der Waals surface area (Å²) in [5, 5.41) is 3.33. The van der Waals surface area contributed by atoms with Gasteiger partial charge in [0.25, 0.3) is 0 Å². The fourth-order valence-corrected chi connectivity index (χ4v) is 2.05. The van der Waals surface area contributed by atoms with Crippen molar-refractivity contribution in [3.05, 3.63) is 41.7 Å². The van der Waals surface area contributed by atoms with Crippen LogP contribution in [0.4, 0.5) is 4.39 Å². The number of benzene rings is 1. The Labute approximate surface area is 119 Å². The van der Waals surface area contributed by atoms with E-state index in [1.165, 1.54) is 0 Å². The first kappa shape index (κ1) is 14.7. The van der Waals surface area contributed by atoms with Crippen molar-refractivity contribution in [3.8, 4) is 11.3 Å². The number of aryl methyl sites for hydroxylation is 2. The number of nitrogens with zero attached hydrogens (tertiary/aromatic N) is 1. The molecule has 20 heavy (non-hydrogen) atoms. The van der Waals surface area contributed by atoms with Crippen LogP contribution < -0.4 is 5.32 Å². The van der Waals surface area contributed by atoms with Crippen molar-refractivity contribution < 1.29 is 8.81 Å². The summed E-state index contributed by atoms with van der Waals surface area (Å²) in [4.78, 5) is 4.22. The molecule has 4 heteroatoms. The van der Waals surface area contributed by atoms with E-state index in [-0.39, 0.29) is 5.82 Å². The number of hydrogen-bond acceptors (Lipinski definition) is 3. The molecule has 1 N–H and O–H groups in total. The average molecular weight is 276 g/mol. The molecule has 0 bridgehead atoms. The highest BCUT2D eigenvalue weighted by molar-refractivity contribution is 5.58. The second-order valence-electron chi connectivity index (χ2n) is 4.91. The Balaban J connectivity index is 1.97. The van der Waals surface area contributed by atoms with Gasteiger partial charge in [0.2, 0.25) is 0 Å². The normalized spacial score (nSPS) is 10.9. The summed E-state index contributed by atoms with van der Waals surface area (Å²) < 4.78 is 19.6. The molecule has 0 aliphatic heterocycles. The number of oxazole rings is 1. The zero-order valence-corrected chi connectivity index (χ0v) is 12.1. The van der Waals surface area contributed by atoms with Crippen LogP contribution in [-0.4, -0.2) is 18.1 Å². The monoisotopic (exact) mass is 276 g/mol. The number of halogens is 1. The van der Waals surface area contributed by atoms with Crippen LogP contribution in [0.3, 0.4) is 0 Å². The Bertz CT molecular complexity index is 551. The molecule has 2 aromatic rings. The molecular weight excluding hydrogens is 255 g/mol. The molecule has 108 valence electrons. The first-order valence-corrected chi connectivity index (χ1v) is 7.13. The van der Waals surface area contributed by atoms with Crippen LogP contribution >= 0.6 is 0 Å². The Hall–Kier alpha value is -1.68. The van der Waals surface area contributed by atoms with Crippen LogP contribution in [0.1, 0.15) is 31.2 Å². The highest BCUT2D eigenvalue weighted by Gasteiger charge is 2.12. The minimum Gasteiger partial charge on any atom is -0.441 e. The van der Waals surface area contributed by atoms with Crippen molar-refractivity contribution in [1.29, 1.82) is 0 Å². The Morgan fingerprint density at radius 2 is 2.15 bits per heavy atom. The smallest absolute Gasteiger partial charge is 0.194 e. The molecule has 0 fully saturated rings. The van der Waals surface area contributed by atoms with Gasteiger partial charge in [0.15, 0.2) is 11.7 Å². The standard InChI is InChI=1S/C16H21FN2O/c1-3-9-18-10-5-8-15-19-11-14(20-15)13-7-4-6-12(2)16(13)17/h4,6-7,11,18H,3,5,8-10H2,1-2H3. The maximum Gasteiger partial charge on any atom is 0.194 e. The van der Waals surface area contributed by atoms with E-state index in [0.29, 0.717) is 22.8 Å². The predicted molar refractivity (Wildman–Crippen MR) is 78.1 cm³/mol. The minimum absolute atomic E-state index is 0.236. The topological polar surface area (TPSA) is 38.1 Å². The first-order valence-electron chi connectivity index (χ1n) is 7.13. The van der Waals surface area contributed by atoms with Crippen LogP contribution in [0.15, 0.2) is 28.8 Å². The molecule has 1 aromatic carbocycles. The second-order valence-corrected chi connectivity index (χ2v) is 4.91. The Morgan fingerprint density at radius 3 is 2.95 bits per heavy atom. The van der Waals surface area contributed by atoms with E-state index >= 15 is 0 Å². The number of nitrogens with one attached hydrogen (secondary N) is 1. The third kappa shape index (κ3) is 3.67. The summed E-state index contributed by atoms with van der Waals surface area (Å²) in [6.07, 6.45) is 4.48. The van der Waals surface area contributed by atoms with Crippen molar-refractivity contribution >= 4 is 0 Å². The Kier molecular flexibility index (Phi) is 5.30. The summed E-state index contributed by atoms with van der Waals surface area (Å²) in [6, 6.07) is 5.29. The molecule has 0 amide bonds. The SMILES string of the molecule is CCCNCCCc1ncc(-c2cccc(C)c2F)o1. The van der Waals surface area contributed by atoms with Gasteiger partial charge in [0.05, 0.1) is 11.8 Å². The molecule has 0 spiro atoms. The fraction of sp³-hybridized carbons (Fsp3) is 0.438. The summed E-state index contributed by atoms with van der Waals surface area (Å²) >= 11 is 0. The molecular formula is C16H21FN2O. The zero-order valence-electron chi connectivity index (χ0n) is 12.1. The van der Waals surface area contributed by atoms with Crippen LogP contribution in [0.25, 0.3) is 11.3 Å². The van der Waals surface area contributed by atoms with Crippen LogP contribution in [0.2, 0.25) is 0 Å². The molecule has 0 atom stereocenters. The van der Waals surface area contributed by atoms with E-state index in [1.54, 1.807) is 25.3 Å². The zero-order chi connectivity index (χ0) is 14.4. The minimum atomic E-state index is -0.236. The lowest BCUT2D eigenvalue weighted by atomic mass is 10.1. The van der Waals surface area contributed by atoms with E-state index < -0.39 is 0 Å². The van der Waals surface area contributed by atoms with E-state index in [2.05, 4.69) is 17.2 Å². The molecule has 0 unspecified atom stereocenters. The highest BCUT2D eigenvalue weighted by Crippen LogP contribution is 2.25. The summed E-state index contributed by atoms with van der Waals surface area (Å²) in [6.45, 7) is 5.87. The summed E-state index contributed by atoms with van der Waals surface area (Å²) in [7, 11) is 0. The summed E-state index contributed by atoms with van der Waals surface area (Å²) in [5.41, 5.74) is 1.09. The van der Waals surface area contributed by atoms with E-state index in [4.69, 9.17) is 4.42 Å². The van der Waals surface area contributed by atoms with Gasteiger partial charge in [-0.2, -0.15) is 0 Å². The number of aromatic nitrogens is 1. The second kappa shape index (κ2) is 7.20. The van der Waals surface area contributed by atoms with E-state index in [0.717, 1.165) is 32.4 Å². The fourth-order valence-electron chi connectivity index (χ4n) is 2.05. The molecule has 0 saturated heterocycles. The molecule has 2 rings (SSSR count). The Morgan fingerprint density at radius 1 is 1.30 bits per heavy atom. The molecule has 0 radical (unpaired) electrons. The molecule has 0 aliphatic rings. The van der Waals surface area contributed by atoms with Crippen molar-refractivity contribution in [2.75, 3.05) is 13.1 Å². The van der Waals surface area contributed by atoms with Gasteiger partial charge in [-0.3, -0.25) is 0 Å². The third-order valence-corrected chi connectivity index (χ3v) is 3.18. The van der Waals surface area contributed by atoms with Gasteiger partial charge in [-0.25, -0.2) is 9.37 Å². The maximum absolute atomic E-state index is 14.0. The van der Waals surface area contributed by atoms with Gasteiger partial charge >= 0.3 is 0 Å². The van der Waals surface area contributed by atoms with Crippen molar-refractivity contribution in [2.24, 2.45) is 0 Å². The van der Waals surface area contributed by atoms with Crippen molar-refractivity contribution in [3.63, 3.8) is 0 Å². The van der Waals surface area contributed by atoms with Gasteiger partial charge in [-0.05, 0) is 44.5 Å². The lowest BCUT2D eigenvalue weighted by Gasteiger charge is -2.02. The maximum atomic E-state index is 14.0. The summed E-state index contributed by atoms with van der Waals surface area (Å²) in [5.74, 6) is 0.932. The van der Waals surface area contributed by atoms with Gasteiger partial charge in [0.1, 0.15) is 5.82 Å². The van der Waals surface area contributed by atoms with Crippen LogP contribution in [-0.2, 0) is 6.42 Å².